The predicted octanol–water partition coefficient (Wildman–Crippen LogP) is 11.1. The van der Waals surface area contributed by atoms with E-state index in [-0.39, 0.29) is 0 Å². The lowest BCUT2D eigenvalue weighted by Gasteiger charge is -2.33. The Balaban J connectivity index is -0.000000151. The van der Waals surface area contributed by atoms with Crippen molar-refractivity contribution in [1.82, 2.24) is 24.5 Å². The molecule has 0 aliphatic carbocycles. The molecule has 3 atom stereocenters. The van der Waals surface area contributed by atoms with Crippen molar-refractivity contribution in [3.8, 4) is 0 Å². The molecule has 5 aliphatic heterocycles. The van der Waals surface area contributed by atoms with Gasteiger partial charge < -0.3 is 24.5 Å². The summed E-state index contributed by atoms with van der Waals surface area (Å²) in [6.45, 7) is 44.7. The molecule has 5 fully saturated rings. The van der Waals surface area contributed by atoms with E-state index in [2.05, 4.69) is 94.4 Å². The third-order valence-electron chi connectivity index (χ3n) is 8.98. The number of hydrogen-bond acceptors (Lipinski definition) is 5. The first-order valence-electron chi connectivity index (χ1n) is 21.4. The Morgan fingerprint density at radius 3 is 0.792 bits per heavy atom. The largest absolute Gasteiger partial charge is 0.306 e. The van der Waals surface area contributed by atoms with Gasteiger partial charge in [-0.25, -0.2) is 0 Å². The van der Waals surface area contributed by atoms with E-state index < -0.39 is 0 Å². The van der Waals surface area contributed by atoms with Crippen LogP contribution < -0.4 is 0 Å². The van der Waals surface area contributed by atoms with Gasteiger partial charge in [-0.1, -0.05) is 104 Å². The van der Waals surface area contributed by atoms with E-state index in [9.17, 15) is 0 Å². The van der Waals surface area contributed by atoms with Crippen molar-refractivity contribution in [1.29, 1.82) is 0 Å². The van der Waals surface area contributed by atoms with Crippen LogP contribution in [0, 0.1) is 29.6 Å². The lowest BCUT2D eigenvalue weighted by Crippen LogP contribution is -2.41. The molecule has 3 unspecified atom stereocenters. The summed E-state index contributed by atoms with van der Waals surface area (Å²) in [4.78, 5) is 12.0. The van der Waals surface area contributed by atoms with Gasteiger partial charge in [-0.05, 0) is 155 Å². The monoisotopic (exact) mass is 688 g/mol. The quantitative estimate of drug-likeness (QED) is 0.251. The molecule has 5 saturated heterocycles. The minimum absolute atomic E-state index is 0.939. The molecule has 48 heavy (non-hydrogen) atoms. The zero-order valence-electron chi connectivity index (χ0n) is 37.9. The van der Waals surface area contributed by atoms with Gasteiger partial charge in [-0.3, -0.25) is 0 Å². The lowest BCUT2D eigenvalue weighted by atomic mass is 10.00. The molecule has 0 spiro atoms. The normalized spacial score (nSPS) is 24.9. The first kappa shape index (κ1) is 57.2. The number of hydrogen-bond donors (Lipinski definition) is 0. The lowest BCUT2D eigenvalue weighted by molar-refractivity contribution is 0.149. The average molecular weight is 688 g/mol. The molecule has 0 aromatic heterocycles. The van der Waals surface area contributed by atoms with E-state index in [1.165, 1.54) is 117 Å². The van der Waals surface area contributed by atoms with Crippen LogP contribution in [0.1, 0.15) is 155 Å². The Morgan fingerprint density at radius 1 is 0.271 bits per heavy atom. The second-order valence-corrected chi connectivity index (χ2v) is 14.3. The highest BCUT2D eigenvalue weighted by Crippen LogP contribution is 2.15. The molecule has 5 heterocycles. The standard InChI is InChI=1S/C8H17N.2C7H15N.C6H13N.C5H11N.5C2H6/c1-8-4-3-6-9(2)7-5-8;1-7-3-5-8(2)6-4-7;1-7-4-3-5-8(2)6-7;1-6-3-4-7(2)5-6;1-5-3-6(2)4-5;5*1-2/h8H,3-7H2,1-2H3;2*7H,3-6H2,1-2H3;6H,3-5H2,1-2H3;5H,3-4H2,1-2H3;5*1-2H3. The maximum Gasteiger partial charge on any atom is 0.00163 e. The summed E-state index contributed by atoms with van der Waals surface area (Å²) >= 11 is 0. The second kappa shape index (κ2) is 43.0. The highest BCUT2D eigenvalue weighted by molar-refractivity contribution is 4.71. The molecule has 0 bridgehead atoms. The summed E-state index contributed by atoms with van der Waals surface area (Å²) < 4.78 is 0. The van der Waals surface area contributed by atoms with E-state index >= 15 is 0 Å². The van der Waals surface area contributed by atoms with Gasteiger partial charge in [0.1, 0.15) is 0 Å². The van der Waals surface area contributed by atoms with Crippen LogP contribution in [0.5, 0.6) is 0 Å². The number of nitrogens with zero attached hydrogens (tertiary/aromatic N) is 5. The fraction of sp³-hybridized carbons (Fsp3) is 1.00. The number of likely N-dealkylation sites (tertiary alicyclic amines) is 5. The summed E-state index contributed by atoms with van der Waals surface area (Å²) in [6, 6.07) is 0. The summed E-state index contributed by atoms with van der Waals surface area (Å²) in [5.74, 6) is 4.80. The second-order valence-electron chi connectivity index (χ2n) is 14.3. The molecule has 5 nitrogen and oxygen atoms in total. The van der Waals surface area contributed by atoms with Crippen LogP contribution in [0.3, 0.4) is 0 Å². The first-order chi connectivity index (χ1) is 22.9. The Labute approximate surface area is 309 Å². The van der Waals surface area contributed by atoms with Gasteiger partial charge >= 0.3 is 0 Å². The molecule has 298 valence electrons. The highest BCUT2D eigenvalue weighted by atomic mass is 15.2. The average Bonchev–Trinajstić information content (AvgIpc) is 3.37. The third-order valence-corrected chi connectivity index (χ3v) is 8.98. The van der Waals surface area contributed by atoms with Gasteiger partial charge in [0.15, 0.2) is 0 Å². The molecule has 5 rings (SSSR count). The van der Waals surface area contributed by atoms with E-state index in [4.69, 9.17) is 0 Å². The van der Waals surface area contributed by atoms with E-state index in [0.717, 1.165) is 29.6 Å². The number of rotatable bonds is 0. The van der Waals surface area contributed by atoms with Crippen LogP contribution in [-0.2, 0) is 0 Å². The third kappa shape index (κ3) is 40.2. The van der Waals surface area contributed by atoms with Crippen LogP contribution in [0.4, 0.5) is 0 Å². The van der Waals surface area contributed by atoms with Gasteiger partial charge in [-0.2, -0.15) is 0 Å². The van der Waals surface area contributed by atoms with Gasteiger partial charge in [0.05, 0.1) is 0 Å². The number of piperidine rings is 2. The van der Waals surface area contributed by atoms with Crippen LogP contribution in [0.2, 0.25) is 0 Å². The fourth-order valence-corrected chi connectivity index (χ4v) is 6.13. The Morgan fingerprint density at radius 2 is 0.521 bits per heavy atom. The van der Waals surface area contributed by atoms with Crippen molar-refractivity contribution >= 4 is 0 Å². The van der Waals surface area contributed by atoms with Gasteiger partial charge in [0.2, 0.25) is 0 Å². The molecule has 0 saturated carbocycles. The van der Waals surface area contributed by atoms with Crippen molar-refractivity contribution in [3.63, 3.8) is 0 Å². The zero-order chi connectivity index (χ0) is 38.5. The molecule has 5 aliphatic rings. The minimum atomic E-state index is 0.939. The van der Waals surface area contributed by atoms with Crippen molar-refractivity contribution in [2.45, 2.75) is 155 Å². The Bertz CT molecular complexity index is 503. The van der Waals surface area contributed by atoms with Crippen molar-refractivity contribution in [3.05, 3.63) is 0 Å². The summed E-state index contributed by atoms with van der Waals surface area (Å²) in [5, 5.41) is 0. The molecule has 0 radical (unpaired) electrons. The summed E-state index contributed by atoms with van der Waals surface area (Å²) in [7, 11) is 11.0. The minimum Gasteiger partial charge on any atom is -0.306 e. The smallest absolute Gasteiger partial charge is 0.00163 e. The maximum atomic E-state index is 2.43. The summed E-state index contributed by atoms with van der Waals surface area (Å²) in [6.07, 6.45) is 11.3. The zero-order valence-corrected chi connectivity index (χ0v) is 37.9. The van der Waals surface area contributed by atoms with Crippen LogP contribution in [0.25, 0.3) is 0 Å². The predicted molar refractivity (Wildman–Crippen MR) is 227 cm³/mol. The van der Waals surface area contributed by atoms with Crippen molar-refractivity contribution in [2.75, 3.05) is 101 Å². The van der Waals surface area contributed by atoms with Crippen LogP contribution in [0.15, 0.2) is 0 Å². The van der Waals surface area contributed by atoms with E-state index in [1.807, 2.05) is 69.2 Å². The van der Waals surface area contributed by atoms with Gasteiger partial charge in [-0.15, -0.1) is 0 Å². The van der Waals surface area contributed by atoms with Crippen molar-refractivity contribution < 1.29 is 0 Å². The molecule has 0 N–H and O–H groups in total. The van der Waals surface area contributed by atoms with Gasteiger partial charge in [0.25, 0.3) is 0 Å². The van der Waals surface area contributed by atoms with Crippen LogP contribution in [-0.4, -0.2) is 125 Å². The van der Waals surface area contributed by atoms with Crippen molar-refractivity contribution in [2.24, 2.45) is 29.6 Å². The van der Waals surface area contributed by atoms with E-state index in [0.29, 0.717) is 0 Å². The summed E-state index contributed by atoms with van der Waals surface area (Å²) in [5.41, 5.74) is 0. The SMILES string of the molecule is CC.CC.CC.CC.CC.CC1CCCN(C)C1.CC1CCCN(C)CC1.CC1CCN(C)C1.CC1CCN(C)CC1.CC1CN(C)C1. The highest BCUT2D eigenvalue weighted by Gasteiger charge is 2.17. The fourth-order valence-electron chi connectivity index (χ4n) is 6.13. The maximum absolute atomic E-state index is 2.43. The molecular weight excluding hydrogens is 587 g/mol. The van der Waals surface area contributed by atoms with E-state index in [1.54, 1.807) is 0 Å². The van der Waals surface area contributed by atoms with Crippen LogP contribution >= 0.6 is 0 Å². The topological polar surface area (TPSA) is 16.2 Å². The molecule has 0 aromatic rings. The molecule has 0 amide bonds. The van der Waals surface area contributed by atoms with Gasteiger partial charge in [0, 0.05) is 26.2 Å². The first-order valence-corrected chi connectivity index (χ1v) is 21.4. The Hall–Kier alpha value is -0.200. The molecule has 5 heteroatoms. The molecule has 0 aromatic carbocycles. The Kier molecular flexibility index (Phi) is 51.2. The molecular formula is C43H101N5.